The van der Waals surface area contributed by atoms with Crippen molar-refractivity contribution in [3.63, 3.8) is 0 Å². The molecule has 1 amide bonds. The molecule has 1 aromatic carbocycles. The number of aromatic amines is 1. The van der Waals surface area contributed by atoms with Gasteiger partial charge in [0, 0.05) is 30.8 Å². The number of benzene rings is 1. The summed E-state index contributed by atoms with van der Waals surface area (Å²) in [5.41, 5.74) is 5.20. The number of aryl methyl sites for hydroxylation is 3. The zero-order valence-corrected chi connectivity index (χ0v) is 21.3. The Balaban J connectivity index is 1.57. The molecule has 188 valence electrons. The molecule has 36 heavy (non-hydrogen) atoms. The molecule has 0 unspecified atom stereocenters. The van der Waals surface area contributed by atoms with Gasteiger partial charge in [-0.3, -0.25) is 14.2 Å². The zero-order valence-electron chi connectivity index (χ0n) is 20.5. The first-order valence-corrected chi connectivity index (χ1v) is 13.4. The first-order valence-electron chi connectivity index (χ1n) is 11.7. The molecule has 1 aliphatic carbocycles. The van der Waals surface area contributed by atoms with Gasteiger partial charge in [-0.15, -0.1) is 0 Å². The van der Waals surface area contributed by atoms with Crippen molar-refractivity contribution in [3.05, 3.63) is 42.0 Å². The average Bonchev–Trinajstić information content (AvgIpc) is 3.52. The normalized spacial score (nSPS) is 13.7. The minimum atomic E-state index is -3.56. The van der Waals surface area contributed by atoms with Crippen molar-refractivity contribution in [2.45, 2.75) is 33.6 Å². The van der Waals surface area contributed by atoms with Crippen molar-refractivity contribution in [2.24, 2.45) is 13.0 Å². The van der Waals surface area contributed by atoms with Crippen molar-refractivity contribution in [1.29, 1.82) is 0 Å². The van der Waals surface area contributed by atoms with Crippen LogP contribution in [0.25, 0.3) is 22.3 Å². The fourth-order valence-corrected chi connectivity index (χ4v) is 4.66. The van der Waals surface area contributed by atoms with Gasteiger partial charge < -0.3 is 15.6 Å². The topological polar surface area (TPSA) is 147 Å². The van der Waals surface area contributed by atoms with Crippen LogP contribution >= 0.6 is 0 Å². The molecule has 5 rings (SSSR count). The number of aromatic nitrogens is 5. The van der Waals surface area contributed by atoms with E-state index >= 15 is 0 Å². The first kappa shape index (κ1) is 23.8. The van der Waals surface area contributed by atoms with E-state index < -0.39 is 10.0 Å². The number of imidazole rings is 1. The van der Waals surface area contributed by atoms with Crippen LogP contribution in [0.1, 0.15) is 31.3 Å². The lowest BCUT2D eigenvalue weighted by molar-refractivity contribution is -0.117. The Hall–Kier alpha value is -3.93. The molecular weight excluding hydrogens is 480 g/mol. The number of sulfonamides is 1. The molecule has 1 saturated carbocycles. The summed E-state index contributed by atoms with van der Waals surface area (Å²) in [4.78, 5) is 24.4. The lowest BCUT2D eigenvalue weighted by atomic mass is 10.1. The number of hydrogen-bond acceptors (Lipinski definition) is 7. The minimum Gasteiger partial charge on any atom is -0.352 e. The lowest BCUT2D eigenvalue weighted by Gasteiger charge is -2.16. The van der Waals surface area contributed by atoms with E-state index in [1.54, 1.807) is 23.7 Å². The second-order valence-corrected chi connectivity index (χ2v) is 11.0. The number of carbonyl (C=O) groups excluding carboxylic acids is 1. The molecule has 1 fully saturated rings. The maximum Gasteiger partial charge on any atom is 0.232 e. The van der Waals surface area contributed by atoms with Crippen LogP contribution in [0.15, 0.2) is 30.5 Å². The molecule has 3 heterocycles. The molecule has 0 bridgehead atoms. The summed E-state index contributed by atoms with van der Waals surface area (Å²) in [6.07, 6.45) is 3.65. The number of H-pyrrole nitrogens is 1. The summed E-state index contributed by atoms with van der Waals surface area (Å²) in [5.74, 6) is 0.942. The van der Waals surface area contributed by atoms with E-state index in [0.29, 0.717) is 39.9 Å². The van der Waals surface area contributed by atoms with Gasteiger partial charge in [0.1, 0.15) is 17.2 Å². The van der Waals surface area contributed by atoms with Crippen molar-refractivity contribution in [2.75, 3.05) is 21.1 Å². The third-order valence-electron chi connectivity index (χ3n) is 6.04. The number of carbonyl (C=O) groups is 1. The van der Waals surface area contributed by atoms with E-state index in [-0.39, 0.29) is 17.6 Å². The van der Waals surface area contributed by atoms with Crippen LogP contribution in [0.5, 0.6) is 0 Å². The number of nitrogens with one attached hydrogen (secondary N) is 4. The highest BCUT2D eigenvalue weighted by Gasteiger charge is 2.30. The summed E-state index contributed by atoms with van der Waals surface area (Å²) in [7, 11) is -1.72. The first-order chi connectivity index (χ1) is 17.1. The summed E-state index contributed by atoms with van der Waals surface area (Å²) in [6, 6.07) is 7.22. The molecule has 4 N–H and O–H groups in total. The molecule has 4 aromatic rings. The standard InChI is InChI=1S/C24H28N8O3S/c1-5-36(34,35)31-19-10-16(17-12-32(4)30-13(17)2)8-9-18(19)27-20-11-21(29-24(33)15-6-7-15)28-23-22(20)25-14(3)26-23/h8-12,15,31H,5-7H2,1-4H3,(H3,25,26,27,28,29,33). The quantitative estimate of drug-likeness (QED) is 0.283. The third-order valence-corrected chi connectivity index (χ3v) is 7.33. The maximum atomic E-state index is 12.5. The number of pyridine rings is 1. The Morgan fingerprint density at radius 1 is 1.14 bits per heavy atom. The molecule has 0 atom stereocenters. The van der Waals surface area contributed by atoms with Gasteiger partial charge in [0.2, 0.25) is 15.9 Å². The van der Waals surface area contributed by atoms with Gasteiger partial charge in [0.15, 0.2) is 5.65 Å². The molecule has 0 radical (unpaired) electrons. The molecule has 1 aliphatic rings. The molecule has 12 heteroatoms. The van der Waals surface area contributed by atoms with Gasteiger partial charge in [0.25, 0.3) is 0 Å². The number of amides is 1. The Labute approximate surface area is 208 Å². The van der Waals surface area contributed by atoms with Crippen LogP contribution < -0.4 is 15.4 Å². The van der Waals surface area contributed by atoms with Gasteiger partial charge in [-0.25, -0.2) is 18.4 Å². The van der Waals surface area contributed by atoms with E-state index in [1.165, 1.54) is 0 Å². The third kappa shape index (κ3) is 4.89. The number of nitrogens with zero attached hydrogens (tertiary/aromatic N) is 4. The molecule has 0 spiro atoms. The second-order valence-electron chi connectivity index (χ2n) is 9.03. The highest BCUT2D eigenvalue weighted by Crippen LogP contribution is 2.36. The van der Waals surface area contributed by atoms with E-state index in [1.807, 2.05) is 39.2 Å². The Morgan fingerprint density at radius 2 is 1.92 bits per heavy atom. The van der Waals surface area contributed by atoms with Crippen molar-refractivity contribution in [3.8, 4) is 11.1 Å². The summed E-state index contributed by atoms with van der Waals surface area (Å²) < 4.78 is 29.5. The van der Waals surface area contributed by atoms with Crippen LogP contribution in [0, 0.1) is 19.8 Å². The average molecular weight is 509 g/mol. The largest absolute Gasteiger partial charge is 0.352 e. The van der Waals surface area contributed by atoms with Gasteiger partial charge in [-0.2, -0.15) is 5.10 Å². The van der Waals surface area contributed by atoms with Crippen LogP contribution in [0.3, 0.4) is 0 Å². The van der Waals surface area contributed by atoms with Crippen LogP contribution in [0.4, 0.5) is 22.9 Å². The SMILES string of the molecule is CCS(=O)(=O)Nc1cc(-c2cn(C)nc2C)ccc1Nc1cc(NC(=O)C2CC2)nc2nc(C)[nH]c12. The Morgan fingerprint density at radius 3 is 2.58 bits per heavy atom. The number of anilines is 4. The smallest absolute Gasteiger partial charge is 0.232 e. The Bertz CT molecular complexity index is 1580. The maximum absolute atomic E-state index is 12.5. The number of hydrogen-bond donors (Lipinski definition) is 4. The van der Waals surface area contributed by atoms with Crippen LogP contribution in [-0.4, -0.2) is 44.8 Å². The Kier molecular flexibility index (Phi) is 5.91. The predicted molar refractivity (Wildman–Crippen MR) is 140 cm³/mol. The molecule has 3 aromatic heterocycles. The summed E-state index contributed by atoms with van der Waals surface area (Å²) in [5, 5.41) is 10.6. The molecule has 0 saturated heterocycles. The van der Waals surface area contributed by atoms with E-state index in [4.69, 9.17) is 0 Å². The van der Waals surface area contributed by atoms with Crippen molar-refractivity contribution in [1.82, 2.24) is 24.7 Å². The fraction of sp³-hybridized carbons (Fsp3) is 0.333. The number of fused-ring (bicyclic) bond motifs is 1. The van der Waals surface area contributed by atoms with Crippen LogP contribution in [-0.2, 0) is 21.9 Å². The summed E-state index contributed by atoms with van der Waals surface area (Å²) in [6.45, 7) is 5.31. The van der Waals surface area contributed by atoms with Crippen LogP contribution in [0.2, 0.25) is 0 Å². The molecule has 11 nitrogen and oxygen atoms in total. The summed E-state index contributed by atoms with van der Waals surface area (Å²) >= 11 is 0. The van der Waals surface area contributed by atoms with E-state index in [2.05, 4.69) is 35.4 Å². The fourth-order valence-electron chi connectivity index (χ4n) is 4.01. The van der Waals surface area contributed by atoms with Gasteiger partial charge in [-0.1, -0.05) is 6.07 Å². The molecule has 0 aliphatic heterocycles. The zero-order chi connectivity index (χ0) is 25.6. The predicted octanol–water partition coefficient (Wildman–Crippen LogP) is 3.83. The van der Waals surface area contributed by atoms with Gasteiger partial charge >= 0.3 is 0 Å². The van der Waals surface area contributed by atoms with Gasteiger partial charge in [0.05, 0.1) is 28.5 Å². The minimum absolute atomic E-state index is 0.0263. The lowest BCUT2D eigenvalue weighted by Crippen LogP contribution is -2.16. The number of rotatable bonds is 8. The monoisotopic (exact) mass is 508 g/mol. The van der Waals surface area contributed by atoms with Crippen molar-refractivity contribution < 1.29 is 13.2 Å². The second kappa shape index (κ2) is 8.94. The van der Waals surface area contributed by atoms with Crippen molar-refractivity contribution >= 4 is 50.0 Å². The molecular formula is C24H28N8O3S. The highest BCUT2D eigenvalue weighted by molar-refractivity contribution is 7.92. The highest BCUT2D eigenvalue weighted by atomic mass is 32.2. The van der Waals surface area contributed by atoms with E-state index in [9.17, 15) is 13.2 Å². The van der Waals surface area contributed by atoms with Gasteiger partial charge in [-0.05, 0) is 51.3 Å². The van der Waals surface area contributed by atoms with E-state index in [0.717, 1.165) is 29.7 Å².